The van der Waals surface area contributed by atoms with Crippen LogP contribution in [0.25, 0.3) is 11.1 Å². The summed E-state index contributed by atoms with van der Waals surface area (Å²) >= 11 is 17.6. The van der Waals surface area contributed by atoms with Gasteiger partial charge >= 0.3 is 0 Å². The molecule has 0 bridgehead atoms. The molecule has 0 atom stereocenters. The van der Waals surface area contributed by atoms with E-state index < -0.39 is 0 Å². The monoisotopic (exact) mass is 258 g/mol. The molecular weight excluding hydrogens is 254 g/mol. The molecule has 2 aromatic rings. The van der Waals surface area contributed by atoms with Crippen LogP contribution in [0.3, 0.4) is 0 Å². The molecule has 0 amide bonds. The summed E-state index contributed by atoms with van der Waals surface area (Å²) in [5.74, 6) is 0. The van der Waals surface area contributed by atoms with Gasteiger partial charge in [0, 0.05) is 29.7 Å². The molecule has 0 unspecified atom stereocenters. The van der Waals surface area contributed by atoms with Gasteiger partial charge in [-0.2, -0.15) is 0 Å². The molecule has 2 nitrogen and oxygen atoms in total. The van der Waals surface area contributed by atoms with Gasteiger partial charge in [-0.3, -0.25) is 4.98 Å². The van der Waals surface area contributed by atoms with Crippen LogP contribution in [-0.2, 0) is 0 Å². The Kier molecular flexibility index (Phi) is 3.10. The van der Waals surface area contributed by atoms with Gasteiger partial charge in [0.25, 0.3) is 0 Å². The van der Waals surface area contributed by atoms with Gasteiger partial charge in [-0.1, -0.05) is 34.8 Å². The van der Waals surface area contributed by atoms with Crippen LogP contribution in [-0.4, -0.2) is 9.97 Å². The lowest BCUT2D eigenvalue weighted by Gasteiger charge is -2.03. The van der Waals surface area contributed by atoms with Crippen LogP contribution in [0, 0.1) is 0 Å². The molecule has 0 N–H and O–H groups in total. The molecule has 0 aliphatic heterocycles. The highest BCUT2D eigenvalue weighted by molar-refractivity contribution is 6.34. The Morgan fingerprint density at radius 2 is 1.60 bits per heavy atom. The predicted molar refractivity (Wildman–Crippen MR) is 62.5 cm³/mol. The van der Waals surface area contributed by atoms with Crippen LogP contribution in [0.2, 0.25) is 15.2 Å². The minimum Gasteiger partial charge on any atom is -0.263 e. The van der Waals surface area contributed by atoms with E-state index in [9.17, 15) is 0 Å². The Labute approximate surface area is 102 Å². The van der Waals surface area contributed by atoms with Crippen molar-refractivity contribution in [3.05, 3.63) is 45.9 Å². The molecule has 76 valence electrons. The first-order chi connectivity index (χ1) is 7.16. The van der Waals surface area contributed by atoms with Gasteiger partial charge in [-0.15, -0.1) is 0 Å². The molecular formula is C10H5Cl3N2. The summed E-state index contributed by atoms with van der Waals surface area (Å²) in [6.07, 6.45) is 4.70. The minimum atomic E-state index is 0.378. The van der Waals surface area contributed by atoms with E-state index in [0.29, 0.717) is 15.2 Å². The predicted octanol–water partition coefficient (Wildman–Crippen LogP) is 4.10. The summed E-state index contributed by atoms with van der Waals surface area (Å²) in [6.45, 7) is 0. The largest absolute Gasteiger partial charge is 0.263 e. The molecule has 0 saturated heterocycles. The second-order valence-electron chi connectivity index (χ2n) is 2.88. The Balaban J connectivity index is 2.58. The quantitative estimate of drug-likeness (QED) is 0.721. The van der Waals surface area contributed by atoms with Crippen molar-refractivity contribution in [2.75, 3.05) is 0 Å². The lowest BCUT2D eigenvalue weighted by atomic mass is 10.1. The Bertz CT molecular complexity index is 500. The van der Waals surface area contributed by atoms with E-state index in [1.807, 2.05) is 0 Å². The van der Waals surface area contributed by atoms with Gasteiger partial charge in [0.1, 0.15) is 5.15 Å². The van der Waals surface area contributed by atoms with Crippen molar-refractivity contribution >= 4 is 34.8 Å². The number of halogens is 3. The van der Waals surface area contributed by atoms with Gasteiger partial charge in [0.15, 0.2) is 0 Å². The maximum Gasteiger partial charge on any atom is 0.136 e. The molecule has 2 heterocycles. The van der Waals surface area contributed by atoms with Crippen LogP contribution in [0.15, 0.2) is 30.7 Å². The first kappa shape index (κ1) is 10.7. The zero-order valence-corrected chi connectivity index (χ0v) is 9.68. The molecule has 5 heteroatoms. The first-order valence-corrected chi connectivity index (χ1v) is 5.22. The van der Waals surface area contributed by atoms with Gasteiger partial charge in [-0.05, 0) is 12.1 Å². The van der Waals surface area contributed by atoms with Crippen LogP contribution in [0.4, 0.5) is 0 Å². The lowest BCUT2D eigenvalue weighted by molar-refractivity contribution is 1.30. The van der Waals surface area contributed by atoms with Gasteiger partial charge in [0.05, 0.1) is 10.0 Å². The molecule has 0 aliphatic carbocycles. The van der Waals surface area contributed by atoms with E-state index in [1.165, 1.54) is 6.20 Å². The fourth-order valence-corrected chi connectivity index (χ4v) is 1.73. The lowest BCUT2D eigenvalue weighted by Crippen LogP contribution is -1.84. The molecule has 2 rings (SSSR count). The number of hydrogen-bond donors (Lipinski definition) is 0. The van der Waals surface area contributed by atoms with E-state index in [1.54, 1.807) is 24.5 Å². The Morgan fingerprint density at radius 1 is 0.867 bits per heavy atom. The molecule has 15 heavy (non-hydrogen) atoms. The summed E-state index contributed by atoms with van der Waals surface area (Å²) < 4.78 is 0. The first-order valence-electron chi connectivity index (χ1n) is 4.09. The maximum atomic E-state index is 5.94. The topological polar surface area (TPSA) is 25.8 Å². The van der Waals surface area contributed by atoms with E-state index in [4.69, 9.17) is 34.8 Å². The fraction of sp³-hybridized carbons (Fsp3) is 0. The Hall–Kier alpha value is -0.830. The normalized spacial score (nSPS) is 10.3. The van der Waals surface area contributed by atoms with Crippen LogP contribution < -0.4 is 0 Å². The van der Waals surface area contributed by atoms with E-state index >= 15 is 0 Å². The van der Waals surface area contributed by atoms with Crippen molar-refractivity contribution in [2.45, 2.75) is 0 Å². The zero-order valence-electron chi connectivity index (χ0n) is 7.42. The number of pyridine rings is 2. The highest BCUT2D eigenvalue weighted by Crippen LogP contribution is 2.29. The van der Waals surface area contributed by atoms with Crippen molar-refractivity contribution in [3.8, 4) is 11.1 Å². The van der Waals surface area contributed by atoms with Crippen molar-refractivity contribution in [1.29, 1.82) is 0 Å². The third-order valence-electron chi connectivity index (χ3n) is 1.82. The molecule has 0 aromatic carbocycles. The molecule has 0 radical (unpaired) electrons. The van der Waals surface area contributed by atoms with E-state index in [2.05, 4.69) is 9.97 Å². The third kappa shape index (κ3) is 2.40. The van der Waals surface area contributed by atoms with Crippen LogP contribution in [0.5, 0.6) is 0 Å². The summed E-state index contributed by atoms with van der Waals surface area (Å²) in [7, 11) is 0. The average Bonchev–Trinajstić information content (AvgIpc) is 2.22. The fourth-order valence-electron chi connectivity index (χ4n) is 1.18. The van der Waals surface area contributed by atoms with Crippen LogP contribution in [0.1, 0.15) is 0 Å². The molecule has 0 spiro atoms. The summed E-state index contributed by atoms with van der Waals surface area (Å²) in [5.41, 5.74) is 1.52. The number of rotatable bonds is 1. The minimum absolute atomic E-state index is 0.378. The zero-order chi connectivity index (χ0) is 10.8. The molecule has 0 saturated carbocycles. The average molecular weight is 260 g/mol. The van der Waals surface area contributed by atoms with Gasteiger partial charge < -0.3 is 0 Å². The maximum absolute atomic E-state index is 5.94. The summed E-state index contributed by atoms with van der Waals surface area (Å²) in [4.78, 5) is 7.92. The van der Waals surface area contributed by atoms with Crippen molar-refractivity contribution in [3.63, 3.8) is 0 Å². The van der Waals surface area contributed by atoms with Crippen molar-refractivity contribution in [2.24, 2.45) is 0 Å². The van der Waals surface area contributed by atoms with Crippen LogP contribution >= 0.6 is 34.8 Å². The molecule has 2 aromatic heterocycles. The van der Waals surface area contributed by atoms with Gasteiger partial charge in [-0.25, -0.2) is 4.98 Å². The van der Waals surface area contributed by atoms with E-state index in [-0.39, 0.29) is 0 Å². The summed E-state index contributed by atoms with van der Waals surface area (Å²) in [5, 5.41) is 1.45. The van der Waals surface area contributed by atoms with Crippen molar-refractivity contribution < 1.29 is 0 Å². The SMILES string of the molecule is Clc1cncc(-c2cc(Cl)cnc2Cl)c1. The Morgan fingerprint density at radius 3 is 2.33 bits per heavy atom. The number of nitrogens with zero attached hydrogens (tertiary/aromatic N) is 2. The highest BCUT2D eigenvalue weighted by Gasteiger charge is 2.06. The second kappa shape index (κ2) is 4.35. The number of hydrogen-bond acceptors (Lipinski definition) is 2. The second-order valence-corrected chi connectivity index (χ2v) is 4.11. The van der Waals surface area contributed by atoms with Crippen molar-refractivity contribution in [1.82, 2.24) is 9.97 Å². The third-order valence-corrected chi connectivity index (χ3v) is 2.54. The smallest absolute Gasteiger partial charge is 0.136 e. The highest BCUT2D eigenvalue weighted by atomic mass is 35.5. The molecule has 0 fully saturated rings. The number of aromatic nitrogens is 2. The van der Waals surface area contributed by atoms with E-state index in [0.717, 1.165) is 11.1 Å². The molecule has 0 aliphatic rings. The van der Waals surface area contributed by atoms with Gasteiger partial charge in [0.2, 0.25) is 0 Å². The summed E-state index contributed by atoms with van der Waals surface area (Å²) in [6, 6.07) is 3.48. The standard InChI is InChI=1S/C10H5Cl3N2/c11-7-1-6(3-14-4-7)9-2-8(12)5-15-10(9)13/h1-5H.